The molecular weight excluding hydrogens is 254 g/mol. The van der Waals surface area contributed by atoms with Crippen molar-refractivity contribution in [3.8, 4) is 0 Å². The van der Waals surface area contributed by atoms with Crippen LogP contribution < -0.4 is 10.6 Å². The number of nitrogens with zero attached hydrogens (tertiary/aromatic N) is 2. The molecule has 0 radical (unpaired) electrons. The summed E-state index contributed by atoms with van der Waals surface area (Å²) in [6, 6.07) is 5.59. The zero-order chi connectivity index (χ0) is 14.7. The third-order valence-corrected chi connectivity index (χ3v) is 4.38. The molecule has 20 heavy (non-hydrogen) atoms. The maximum Gasteiger partial charge on any atom is 0.292 e. The number of hydrogen-bond acceptors (Lipinski definition) is 4. The van der Waals surface area contributed by atoms with E-state index in [1.54, 1.807) is 12.1 Å². The lowest BCUT2D eigenvalue weighted by atomic mass is 9.83. The Morgan fingerprint density at radius 3 is 2.75 bits per heavy atom. The van der Waals surface area contributed by atoms with Crippen molar-refractivity contribution in [1.82, 2.24) is 0 Å². The molecule has 1 saturated carbocycles. The summed E-state index contributed by atoms with van der Waals surface area (Å²) in [5.74, 6) is 0.425. The number of nitro groups is 1. The van der Waals surface area contributed by atoms with Crippen molar-refractivity contribution in [2.45, 2.75) is 38.6 Å². The SMILES string of the molecule is Cc1ccc([N+](=O)[O-])c(N(C)C2CCCCC2CN)c1. The van der Waals surface area contributed by atoms with Crippen LogP contribution in [-0.2, 0) is 0 Å². The highest BCUT2D eigenvalue weighted by Gasteiger charge is 2.30. The van der Waals surface area contributed by atoms with Crippen molar-refractivity contribution < 1.29 is 4.92 Å². The first-order valence-electron chi connectivity index (χ1n) is 7.22. The van der Waals surface area contributed by atoms with E-state index in [2.05, 4.69) is 4.90 Å². The Labute approximate surface area is 119 Å². The van der Waals surface area contributed by atoms with Gasteiger partial charge in [0.05, 0.1) is 4.92 Å². The van der Waals surface area contributed by atoms with E-state index in [4.69, 9.17) is 5.73 Å². The van der Waals surface area contributed by atoms with E-state index in [1.807, 2.05) is 20.0 Å². The Morgan fingerprint density at radius 2 is 2.10 bits per heavy atom. The average Bonchev–Trinajstić information content (AvgIpc) is 2.46. The molecule has 1 aliphatic carbocycles. The third-order valence-electron chi connectivity index (χ3n) is 4.38. The van der Waals surface area contributed by atoms with Crippen molar-refractivity contribution >= 4 is 11.4 Å². The molecule has 0 heterocycles. The molecule has 0 bridgehead atoms. The zero-order valence-corrected chi connectivity index (χ0v) is 12.2. The molecule has 110 valence electrons. The molecule has 5 heteroatoms. The lowest BCUT2D eigenvalue weighted by Crippen LogP contribution is -2.43. The van der Waals surface area contributed by atoms with Gasteiger partial charge in [-0.25, -0.2) is 0 Å². The van der Waals surface area contributed by atoms with Gasteiger partial charge in [-0.2, -0.15) is 0 Å². The molecule has 0 saturated heterocycles. The third kappa shape index (κ3) is 2.93. The van der Waals surface area contributed by atoms with E-state index in [0.29, 0.717) is 24.2 Å². The predicted molar refractivity (Wildman–Crippen MR) is 81.0 cm³/mol. The number of hydrogen-bond donors (Lipinski definition) is 1. The molecule has 2 atom stereocenters. The second kappa shape index (κ2) is 6.22. The largest absolute Gasteiger partial charge is 0.366 e. The lowest BCUT2D eigenvalue weighted by Gasteiger charge is -2.38. The van der Waals surface area contributed by atoms with Crippen molar-refractivity contribution in [3.05, 3.63) is 33.9 Å². The van der Waals surface area contributed by atoms with E-state index >= 15 is 0 Å². The number of rotatable bonds is 4. The van der Waals surface area contributed by atoms with Crippen molar-refractivity contribution in [3.63, 3.8) is 0 Å². The van der Waals surface area contributed by atoms with Gasteiger partial charge in [0.15, 0.2) is 0 Å². The van der Waals surface area contributed by atoms with Gasteiger partial charge in [-0.15, -0.1) is 0 Å². The summed E-state index contributed by atoms with van der Waals surface area (Å²) < 4.78 is 0. The van der Waals surface area contributed by atoms with Gasteiger partial charge in [-0.1, -0.05) is 18.9 Å². The second-order valence-corrected chi connectivity index (χ2v) is 5.71. The van der Waals surface area contributed by atoms with Crippen molar-refractivity contribution in [1.29, 1.82) is 0 Å². The normalized spacial score (nSPS) is 22.6. The molecule has 1 aromatic rings. The molecule has 2 unspecified atom stereocenters. The first-order chi connectivity index (χ1) is 9.54. The lowest BCUT2D eigenvalue weighted by molar-refractivity contribution is -0.384. The van der Waals surface area contributed by atoms with Gasteiger partial charge in [-0.3, -0.25) is 10.1 Å². The number of aryl methyl sites for hydroxylation is 1. The fourth-order valence-corrected chi connectivity index (χ4v) is 3.22. The van der Waals surface area contributed by atoms with Crippen LogP contribution in [0.3, 0.4) is 0 Å². The maximum absolute atomic E-state index is 11.2. The number of nitro benzene ring substituents is 1. The Kier molecular flexibility index (Phi) is 4.60. The van der Waals surface area contributed by atoms with Gasteiger partial charge in [0.25, 0.3) is 5.69 Å². The Balaban J connectivity index is 2.33. The Hall–Kier alpha value is -1.62. The van der Waals surface area contributed by atoms with Crippen LogP contribution in [0.1, 0.15) is 31.2 Å². The minimum Gasteiger partial charge on any atom is -0.366 e. The fourth-order valence-electron chi connectivity index (χ4n) is 3.22. The number of benzene rings is 1. The van der Waals surface area contributed by atoms with Crippen LogP contribution >= 0.6 is 0 Å². The zero-order valence-electron chi connectivity index (χ0n) is 12.2. The highest BCUT2D eigenvalue weighted by molar-refractivity contribution is 5.64. The molecule has 2 rings (SSSR count). The molecule has 5 nitrogen and oxygen atoms in total. The van der Waals surface area contributed by atoms with Gasteiger partial charge >= 0.3 is 0 Å². The van der Waals surface area contributed by atoms with E-state index in [9.17, 15) is 10.1 Å². The first kappa shape index (κ1) is 14.8. The smallest absolute Gasteiger partial charge is 0.292 e. The summed E-state index contributed by atoms with van der Waals surface area (Å²) in [6.07, 6.45) is 4.56. The highest BCUT2D eigenvalue weighted by Crippen LogP contribution is 2.35. The molecule has 1 aliphatic rings. The minimum atomic E-state index is -0.300. The summed E-state index contributed by atoms with van der Waals surface area (Å²) >= 11 is 0. The van der Waals surface area contributed by atoms with Crippen LogP contribution in [0.2, 0.25) is 0 Å². The standard InChI is InChI=1S/C15H23N3O2/c1-11-7-8-14(18(19)20)15(9-11)17(2)13-6-4-3-5-12(13)10-16/h7-9,12-13H,3-6,10,16H2,1-2H3. The Morgan fingerprint density at radius 1 is 1.40 bits per heavy atom. The Bertz CT molecular complexity index is 490. The van der Waals surface area contributed by atoms with E-state index in [-0.39, 0.29) is 10.6 Å². The molecule has 0 aromatic heterocycles. The van der Waals surface area contributed by atoms with Gasteiger partial charge in [0.2, 0.25) is 0 Å². The molecule has 1 fully saturated rings. The summed E-state index contributed by atoms with van der Waals surface area (Å²) in [7, 11) is 1.96. The predicted octanol–water partition coefficient (Wildman–Crippen LogP) is 2.86. The van der Waals surface area contributed by atoms with Gasteiger partial charge in [0, 0.05) is 19.2 Å². The van der Waals surface area contributed by atoms with Crippen LogP contribution in [0.25, 0.3) is 0 Å². The van der Waals surface area contributed by atoms with Crippen LogP contribution in [-0.4, -0.2) is 24.6 Å². The fraction of sp³-hybridized carbons (Fsp3) is 0.600. The van der Waals surface area contributed by atoms with Crippen LogP contribution in [0, 0.1) is 23.0 Å². The molecule has 2 N–H and O–H groups in total. The maximum atomic E-state index is 11.2. The second-order valence-electron chi connectivity index (χ2n) is 5.71. The van der Waals surface area contributed by atoms with E-state index < -0.39 is 0 Å². The summed E-state index contributed by atoms with van der Waals surface area (Å²) in [4.78, 5) is 13.0. The summed E-state index contributed by atoms with van der Waals surface area (Å²) in [5.41, 5.74) is 7.80. The molecule has 0 spiro atoms. The topological polar surface area (TPSA) is 72.4 Å². The van der Waals surface area contributed by atoms with E-state index in [1.165, 1.54) is 12.8 Å². The summed E-state index contributed by atoms with van der Waals surface area (Å²) in [5, 5.41) is 11.2. The highest BCUT2D eigenvalue weighted by atomic mass is 16.6. The van der Waals surface area contributed by atoms with Gasteiger partial charge < -0.3 is 10.6 Å². The minimum absolute atomic E-state index is 0.180. The van der Waals surface area contributed by atoms with Crippen molar-refractivity contribution in [2.24, 2.45) is 11.7 Å². The van der Waals surface area contributed by atoms with Crippen LogP contribution in [0.5, 0.6) is 0 Å². The monoisotopic (exact) mass is 277 g/mol. The molecule has 1 aromatic carbocycles. The molecule has 0 amide bonds. The van der Waals surface area contributed by atoms with E-state index in [0.717, 1.165) is 18.4 Å². The van der Waals surface area contributed by atoms with Crippen LogP contribution in [0.15, 0.2) is 18.2 Å². The first-order valence-corrected chi connectivity index (χ1v) is 7.22. The summed E-state index contributed by atoms with van der Waals surface area (Å²) in [6.45, 7) is 2.61. The van der Waals surface area contributed by atoms with Gasteiger partial charge in [-0.05, 0) is 43.9 Å². The number of nitrogens with two attached hydrogens (primary N) is 1. The van der Waals surface area contributed by atoms with Crippen molar-refractivity contribution in [2.75, 3.05) is 18.5 Å². The molecular formula is C15H23N3O2. The van der Waals surface area contributed by atoms with Crippen LogP contribution in [0.4, 0.5) is 11.4 Å². The average molecular weight is 277 g/mol. The quantitative estimate of drug-likeness (QED) is 0.678. The van der Waals surface area contributed by atoms with Gasteiger partial charge in [0.1, 0.15) is 5.69 Å². The number of anilines is 1. The molecule has 0 aliphatic heterocycles.